The third-order valence-electron chi connectivity index (χ3n) is 7.23. The smallest absolute Gasteiger partial charge is 0.369 e. The van der Waals surface area contributed by atoms with Crippen LogP contribution in [0, 0.1) is 0 Å². The molecule has 1 N–H and O–H groups in total. The fourth-order valence-corrected chi connectivity index (χ4v) is 5.15. The molecule has 1 aliphatic rings. The molecule has 1 saturated heterocycles. The summed E-state index contributed by atoms with van der Waals surface area (Å²) in [6, 6.07) is 12.8. The number of aryl methyl sites for hydroxylation is 1. The molecule has 11 heteroatoms. The minimum atomic E-state index is -4.40. The summed E-state index contributed by atoms with van der Waals surface area (Å²) in [4.78, 5) is 20.6. The molecular formula is C28H32F3N7O. The molecule has 0 saturated carbocycles. The van der Waals surface area contributed by atoms with Crippen LogP contribution in [0.4, 0.5) is 18.9 Å². The van der Waals surface area contributed by atoms with Crippen molar-refractivity contribution in [3.05, 3.63) is 81.4 Å². The van der Waals surface area contributed by atoms with Crippen molar-refractivity contribution < 1.29 is 13.2 Å². The van der Waals surface area contributed by atoms with Gasteiger partial charge in [-0.1, -0.05) is 19.1 Å². The molecule has 5 rings (SSSR count). The molecule has 2 aromatic heterocycles. The Bertz CT molecular complexity index is 1530. The lowest BCUT2D eigenvalue weighted by atomic mass is 10.00. The standard InChI is InChI=1S/C28H32F3N7O/c1-5-18-9-10-23-19(15-18)16-22(26(39)32-23)24(25-33-34-35-38(25)27(2,3)4)37-13-11-36(12-14-37)21-8-6-7-20(17-21)28(29,30)31/h6-10,15-17,24H,5,11-14H2,1-4H3,(H,32,39)/t24-/m1/s1. The maximum absolute atomic E-state index is 13.5. The number of tetrazole rings is 1. The molecule has 0 radical (unpaired) electrons. The number of pyridine rings is 1. The molecule has 0 spiro atoms. The number of rotatable bonds is 5. The molecule has 4 aromatic rings. The van der Waals surface area contributed by atoms with Crippen molar-refractivity contribution in [1.82, 2.24) is 30.1 Å². The van der Waals surface area contributed by atoms with Gasteiger partial charge in [-0.15, -0.1) is 5.10 Å². The molecule has 1 fully saturated rings. The van der Waals surface area contributed by atoms with Crippen molar-refractivity contribution in [1.29, 1.82) is 0 Å². The van der Waals surface area contributed by atoms with E-state index in [1.54, 1.807) is 10.7 Å². The van der Waals surface area contributed by atoms with E-state index in [0.29, 0.717) is 43.3 Å². The van der Waals surface area contributed by atoms with Crippen LogP contribution in [0.3, 0.4) is 0 Å². The summed E-state index contributed by atoms with van der Waals surface area (Å²) in [5.41, 5.74) is 1.64. The van der Waals surface area contributed by atoms with Crippen LogP contribution in [0.5, 0.6) is 0 Å². The fraction of sp³-hybridized carbons (Fsp3) is 0.429. The van der Waals surface area contributed by atoms with E-state index in [1.165, 1.54) is 12.1 Å². The summed E-state index contributed by atoms with van der Waals surface area (Å²) in [5, 5.41) is 13.5. The van der Waals surface area contributed by atoms with Crippen LogP contribution in [0.1, 0.15) is 56.3 Å². The third-order valence-corrected chi connectivity index (χ3v) is 7.23. The van der Waals surface area contributed by atoms with Crippen molar-refractivity contribution >= 4 is 16.6 Å². The van der Waals surface area contributed by atoms with Gasteiger partial charge in [0.25, 0.3) is 5.56 Å². The summed E-state index contributed by atoms with van der Waals surface area (Å²) in [6.07, 6.45) is -3.53. The van der Waals surface area contributed by atoms with Crippen molar-refractivity contribution in [2.75, 3.05) is 31.1 Å². The molecule has 1 aliphatic heterocycles. The maximum atomic E-state index is 13.5. The second kappa shape index (κ2) is 10.1. The van der Waals surface area contributed by atoms with Gasteiger partial charge in [-0.25, -0.2) is 4.68 Å². The Balaban J connectivity index is 1.53. The van der Waals surface area contributed by atoms with Crippen LogP contribution in [-0.4, -0.2) is 56.3 Å². The van der Waals surface area contributed by atoms with Gasteiger partial charge in [-0.2, -0.15) is 13.2 Å². The highest BCUT2D eigenvalue weighted by atomic mass is 19.4. The van der Waals surface area contributed by atoms with E-state index < -0.39 is 23.3 Å². The number of alkyl halides is 3. The lowest BCUT2D eigenvalue weighted by Crippen LogP contribution is -2.49. The van der Waals surface area contributed by atoms with Gasteiger partial charge in [0.15, 0.2) is 5.82 Å². The Morgan fingerprint density at radius 1 is 1.00 bits per heavy atom. The number of hydrogen-bond donors (Lipinski definition) is 1. The third kappa shape index (κ3) is 5.40. The molecule has 206 valence electrons. The zero-order valence-corrected chi connectivity index (χ0v) is 22.5. The topological polar surface area (TPSA) is 82.9 Å². The van der Waals surface area contributed by atoms with Crippen LogP contribution in [0.15, 0.2) is 53.3 Å². The highest BCUT2D eigenvalue weighted by Crippen LogP contribution is 2.34. The Hall–Kier alpha value is -3.73. The number of halogens is 3. The van der Waals surface area contributed by atoms with E-state index in [2.05, 4.69) is 38.4 Å². The Morgan fingerprint density at radius 2 is 1.74 bits per heavy atom. The zero-order valence-electron chi connectivity index (χ0n) is 22.5. The molecule has 2 aromatic carbocycles. The largest absolute Gasteiger partial charge is 0.416 e. The lowest BCUT2D eigenvalue weighted by Gasteiger charge is -2.40. The predicted molar refractivity (Wildman–Crippen MR) is 144 cm³/mol. The van der Waals surface area contributed by atoms with Crippen molar-refractivity contribution in [3.8, 4) is 0 Å². The number of fused-ring (bicyclic) bond motifs is 1. The molecule has 3 heterocycles. The van der Waals surface area contributed by atoms with Gasteiger partial charge < -0.3 is 9.88 Å². The molecule has 0 unspecified atom stereocenters. The summed E-state index contributed by atoms with van der Waals surface area (Å²) in [6.45, 7) is 10.0. The SMILES string of the molecule is CCc1ccc2[nH]c(=O)c([C@H](c3nnnn3C(C)(C)C)N3CCN(c4cccc(C(F)(F)F)c4)CC3)cc2c1. The van der Waals surface area contributed by atoms with Gasteiger partial charge in [0.1, 0.15) is 6.04 Å². The maximum Gasteiger partial charge on any atom is 0.416 e. The molecule has 8 nitrogen and oxygen atoms in total. The number of aromatic amines is 1. The highest BCUT2D eigenvalue weighted by Gasteiger charge is 2.36. The predicted octanol–water partition coefficient (Wildman–Crippen LogP) is 4.76. The van der Waals surface area contributed by atoms with Gasteiger partial charge in [0, 0.05) is 42.9 Å². The van der Waals surface area contributed by atoms with E-state index in [9.17, 15) is 18.0 Å². The first-order valence-corrected chi connectivity index (χ1v) is 13.1. The van der Waals surface area contributed by atoms with E-state index in [1.807, 2.05) is 43.9 Å². The normalized spacial score (nSPS) is 16.1. The number of anilines is 1. The van der Waals surface area contributed by atoms with Gasteiger partial charge in [0.05, 0.1) is 11.1 Å². The molecule has 0 aliphatic carbocycles. The second-order valence-electron chi connectivity index (χ2n) is 10.9. The van der Waals surface area contributed by atoms with Crippen molar-refractivity contribution in [2.24, 2.45) is 0 Å². The molecule has 1 atom stereocenters. The Kier molecular flexibility index (Phi) is 6.96. The van der Waals surface area contributed by atoms with Crippen LogP contribution in [-0.2, 0) is 18.1 Å². The van der Waals surface area contributed by atoms with E-state index in [4.69, 9.17) is 0 Å². The van der Waals surface area contributed by atoms with E-state index >= 15 is 0 Å². The molecule has 0 amide bonds. The quantitative estimate of drug-likeness (QED) is 0.394. The average Bonchev–Trinajstić information content (AvgIpc) is 3.39. The van der Waals surface area contributed by atoms with Gasteiger partial charge >= 0.3 is 6.18 Å². The van der Waals surface area contributed by atoms with Crippen LogP contribution in [0.2, 0.25) is 0 Å². The number of nitrogens with one attached hydrogen (secondary N) is 1. The number of hydrogen-bond acceptors (Lipinski definition) is 6. The average molecular weight is 540 g/mol. The molecule has 0 bridgehead atoms. The summed E-state index contributed by atoms with van der Waals surface area (Å²) < 4.78 is 41.6. The van der Waals surface area contributed by atoms with Gasteiger partial charge in [-0.05, 0) is 85.0 Å². The van der Waals surface area contributed by atoms with Crippen molar-refractivity contribution in [3.63, 3.8) is 0 Å². The van der Waals surface area contributed by atoms with Crippen molar-refractivity contribution in [2.45, 2.75) is 51.9 Å². The van der Waals surface area contributed by atoms with E-state index in [0.717, 1.165) is 29.0 Å². The van der Waals surface area contributed by atoms with E-state index in [-0.39, 0.29) is 5.56 Å². The molecular weight excluding hydrogens is 507 g/mol. The minimum Gasteiger partial charge on any atom is -0.369 e. The lowest BCUT2D eigenvalue weighted by molar-refractivity contribution is -0.137. The minimum absolute atomic E-state index is 0.222. The number of benzene rings is 2. The summed E-state index contributed by atoms with van der Waals surface area (Å²) in [7, 11) is 0. The van der Waals surface area contributed by atoms with Crippen LogP contribution in [0.25, 0.3) is 10.9 Å². The number of nitrogens with zero attached hydrogens (tertiary/aromatic N) is 6. The molecule has 39 heavy (non-hydrogen) atoms. The first-order valence-electron chi connectivity index (χ1n) is 13.1. The van der Waals surface area contributed by atoms with Gasteiger partial charge in [0.2, 0.25) is 0 Å². The number of H-pyrrole nitrogens is 1. The first kappa shape index (κ1) is 26.9. The Morgan fingerprint density at radius 3 is 2.41 bits per heavy atom. The monoisotopic (exact) mass is 539 g/mol. The van der Waals surface area contributed by atoms with Crippen LogP contribution < -0.4 is 10.5 Å². The summed E-state index contributed by atoms with van der Waals surface area (Å²) in [5.74, 6) is 0.548. The summed E-state index contributed by atoms with van der Waals surface area (Å²) >= 11 is 0. The number of aromatic nitrogens is 5. The van der Waals surface area contributed by atoms with Gasteiger partial charge in [-0.3, -0.25) is 9.69 Å². The first-order chi connectivity index (χ1) is 18.5. The highest BCUT2D eigenvalue weighted by molar-refractivity contribution is 5.80. The Labute approximate surface area is 224 Å². The second-order valence-corrected chi connectivity index (χ2v) is 10.9. The zero-order chi connectivity index (χ0) is 27.9. The fourth-order valence-electron chi connectivity index (χ4n) is 5.15. The number of piperazine rings is 1. The van der Waals surface area contributed by atoms with Crippen LogP contribution >= 0.6 is 0 Å².